The fourth-order valence-corrected chi connectivity index (χ4v) is 2.27. The van der Waals surface area contributed by atoms with Gasteiger partial charge in [-0.15, -0.1) is 0 Å². The molecule has 0 fully saturated rings. The first-order chi connectivity index (χ1) is 9.50. The summed E-state index contributed by atoms with van der Waals surface area (Å²) in [5.74, 6) is 0. The third kappa shape index (κ3) is 3.89. The third-order valence-corrected chi connectivity index (χ3v) is 3.59. The van der Waals surface area contributed by atoms with Crippen molar-refractivity contribution in [2.24, 2.45) is 5.41 Å². The zero-order valence-corrected chi connectivity index (χ0v) is 12.7. The van der Waals surface area contributed by atoms with Crippen LogP contribution in [0.25, 0.3) is 11.1 Å². The van der Waals surface area contributed by atoms with Crippen LogP contribution in [0.1, 0.15) is 46.5 Å². The maximum Gasteiger partial charge on any atom is 0.295 e. The summed E-state index contributed by atoms with van der Waals surface area (Å²) < 4.78 is 5.67. The normalized spacial score (nSPS) is 11.9. The molecule has 0 bridgehead atoms. The average Bonchev–Trinajstić information content (AvgIpc) is 2.79. The summed E-state index contributed by atoms with van der Waals surface area (Å²) in [7, 11) is 0. The van der Waals surface area contributed by atoms with Gasteiger partial charge >= 0.3 is 0 Å². The molecule has 1 aromatic carbocycles. The smallest absolute Gasteiger partial charge is 0.295 e. The van der Waals surface area contributed by atoms with E-state index in [4.69, 9.17) is 10.2 Å². The van der Waals surface area contributed by atoms with Crippen LogP contribution < -0.4 is 11.1 Å². The molecule has 0 aliphatic rings. The summed E-state index contributed by atoms with van der Waals surface area (Å²) in [4.78, 5) is 4.42. The number of rotatable bonds is 7. The van der Waals surface area contributed by atoms with Crippen LogP contribution in [-0.2, 0) is 0 Å². The molecule has 1 aromatic heterocycles. The zero-order valence-electron chi connectivity index (χ0n) is 12.7. The monoisotopic (exact) mass is 275 g/mol. The molecule has 0 aliphatic heterocycles. The van der Waals surface area contributed by atoms with Gasteiger partial charge in [0.25, 0.3) is 6.01 Å². The number of benzene rings is 1. The SMILES string of the molecule is CCCCCC(C)(C)CNc1nc2ccc(N)cc2o1. The Kier molecular flexibility index (Phi) is 4.53. The molecule has 0 aliphatic carbocycles. The van der Waals surface area contributed by atoms with Crippen LogP contribution in [-0.4, -0.2) is 11.5 Å². The van der Waals surface area contributed by atoms with E-state index in [1.165, 1.54) is 25.7 Å². The summed E-state index contributed by atoms with van der Waals surface area (Å²) in [6.07, 6.45) is 5.04. The number of aromatic nitrogens is 1. The summed E-state index contributed by atoms with van der Waals surface area (Å²) in [6, 6.07) is 6.10. The van der Waals surface area contributed by atoms with E-state index in [0.717, 1.165) is 17.6 Å². The molecular weight excluding hydrogens is 250 g/mol. The lowest BCUT2D eigenvalue weighted by Gasteiger charge is -2.24. The summed E-state index contributed by atoms with van der Waals surface area (Å²) in [5.41, 5.74) is 8.25. The van der Waals surface area contributed by atoms with Gasteiger partial charge in [-0.25, -0.2) is 0 Å². The minimum atomic E-state index is 0.245. The Morgan fingerprint density at radius 3 is 2.85 bits per heavy atom. The van der Waals surface area contributed by atoms with Gasteiger partial charge in [-0.1, -0.05) is 40.0 Å². The molecule has 0 amide bonds. The maximum absolute atomic E-state index is 5.74. The van der Waals surface area contributed by atoms with Crippen molar-refractivity contribution in [3.8, 4) is 0 Å². The molecule has 3 N–H and O–H groups in total. The molecule has 2 aromatic rings. The highest BCUT2D eigenvalue weighted by atomic mass is 16.4. The second kappa shape index (κ2) is 6.16. The molecule has 0 atom stereocenters. The van der Waals surface area contributed by atoms with Crippen molar-refractivity contribution in [2.75, 3.05) is 17.6 Å². The van der Waals surface area contributed by atoms with Crippen molar-refractivity contribution in [3.63, 3.8) is 0 Å². The van der Waals surface area contributed by atoms with Crippen molar-refractivity contribution >= 4 is 22.8 Å². The van der Waals surface area contributed by atoms with Gasteiger partial charge in [0.2, 0.25) is 0 Å². The Morgan fingerprint density at radius 1 is 1.30 bits per heavy atom. The number of hydrogen-bond acceptors (Lipinski definition) is 4. The highest BCUT2D eigenvalue weighted by molar-refractivity contribution is 5.78. The van der Waals surface area contributed by atoms with Crippen LogP contribution in [0.2, 0.25) is 0 Å². The van der Waals surface area contributed by atoms with E-state index in [9.17, 15) is 0 Å². The Bertz CT molecular complexity index is 560. The molecule has 4 nitrogen and oxygen atoms in total. The summed E-state index contributed by atoms with van der Waals surface area (Å²) in [6.45, 7) is 7.64. The van der Waals surface area contributed by atoms with Crippen LogP contribution in [0.4, 0.5) is 11.7 Å². The number of nitrogen functional groups attached to an aromatic ring is 1. The van der Waals surface area contributed by atoms with Crippen molar-refractivity contribution in [2.45, 2.75) is 46.5 Å². The maximum atomic E-state index is 5.74. The van der Waals surface area contributed by atoms with E-state index in [2.05, 4.69) is 31.1 Å². The molecule has 0 unspecified atom stereocenters. The van der Waals surface area contributed by atoms with E-state index < -0.39 is 0 Å². The van der Waals surface area contributed by atoms with Gasteiger partial charge in [-0.05, 0) is 24.0 Å². The molecule has 0 spiro atoms. The van der Waals surface area contributed by atoms with Crippen molar-refractivity contribution < 1.29 is 4.42 Å². The average molecular weight is 275 g/mol. The van der Waals surface area contributed by atoms with E-state index >= 15 is 0 Å². The van der Waals surface area contributed by atoms with Gasteiger partial charge in [0, 0.05) is 18.3 Å². The number of nitrogens with two attached hydrogens (primary N) is 1. The van der Waals surface area contributed by atoms with Crippen LogP contribution >= 0.6 is 0 Å². The molecule has 0 saturated heterocycles. The number of fused-ring (bicyclic) bond motifs is 1. The Labute approximate surface area is 120 Å². The fourth-order valence-electron chi connectivity index (χ4n) is 2.27. The van der Waals surface area contributed by atoms with E-state index in [0.29, 0.717) is 11.7 Å². The van der Waals surface area contributed by atoms with Gasteiger partial charge in [0.1, 0.15) is 5.52 Å². The second-order valence-electron chi connectivity index (χ2n) is 6.22. The van der Waals surface area contributed by atoms with E-state index in [1.807, 2.05) is 12.1 Å². The van der Waals surface area contributed by atoms with E-state index in [1.54, 1.807) is 6.07 Å². The number of hydrogen-bond donors (Lipinski definition) is 2. The Balaban J connectivity index is 1.94. The zero-order chi connectivity index (χ0) is 14.6. The van der Waals surface area contributed by atoms with E-state index in [-0.39, 0.29) is 5.41 Å². The summed E-state index contributed by atoms with van der Waals surface area (Å²) >= 11 is 0. The number of nitrogens with zero attached hydrogens (tertiary/aromatic N) is 1. The minimum absolute atomic E-state index is 0.245. The Morgan fingerprint density at radius 2 is 2.10 bits per heavy atom. The first-order valence-corrected chi connectivity index (χ1v) is 7.40. The van der Waals surface area contributed by atoms with Crippen LogP contribution in [0.15, 0.2) is 22.6 Å². The molecule has 0 saturated carbocycles. The van der Waals surface area contributed by atoms with Crippen LogP contribution in [0.3, 0.4) is 0 Å². The predicted octanol–water partition coefficient (Wildman–Crippen LogP) is 4.43. The van der Waals surface area contributed by atoms with Gasteiger partial charge in [0.05, 0.1) is 0 Å². The van der Waals surface area contributed by atoms with Crippen molar-refractivity contribution in [3.05, 3.63) is 18.2 Å². The lowest BCUT2D eigenvalue weighted by molar-refractivity contribution is 0.339. The number of anilines is 2. The van der Waals surface area contributed by atoms with Gasteiger partial charge in [-0.2, -0.15) is 4.98 Å². The fraction of sp³-hybridized carbons (Fsp3) is 0.562. The molecule has 1 heterocycles. The van der Waals surface area contributed by atoms with Crippen LogP contribution in [0, 0.1) is 5.41 Å². The highest BCUT2D eigenvalue weighted by Crippen LogP contribution is 2.26. The van der Waals surface area contributed by atoms with Gasteiger partial charge < -0.3 is 15.5 Å². The lowest BCUT2D eigenvalue weighted by atomic mass is 9.87. The molecule has 2 rings (SSSR count). The standard InChI is InChI=1S/C16H25N3O/c1-4-5-6-9-16(2,3)11-18-15-19-13-8-7-12(17)10-14(13)20-15/h7-8,10H,4-6,9,11,17H2,1-3H3,(H,18,19). The Hall–Kier alpha value is -1.71. The highest BCUT2D eigenvalue weighted by Gasteiger charge is 2.18. The topological polar surface area (TPSA) is 64.1 Å². The minimum Gasteiger partial charge on any atom is -0.423 e. The molecule has 0 radical (unpaired) electrons. The molecule has 20 heavy (non-hydrogen) atoms. The first-order valence-electron chi connectivity index (χ1n) is 7.40. The van der Waals surface area contributed by atoms with Crippen LogP contribution in [0.5, 0.6) is 0 Å². The third-order valence-electron chi connectivity index (χ3n) is 3.59. The molecule has 110 valence electrons. The largest absolute Gasteiger partial charge is 0.423 e. The van der Waals surface area contributed by atoms with Crippen molar-refractivity contribution in [1.82, 2.24) is 4.98 Å². The predicted molar refractivity (Wildman–Crippen MR) is 84.8 cm³/mol. The molecule has 4 heteroatoms. The van der Waals surface area contributed by atoms with Crippen molar-refractivity contribution in [1.29, 1.82) is 0 Å². The first kappa shape index (κ1) is 14.7. The summed E-state index contributed by atoms with van der Waals surface area (Å²) in [5, 5.41) is 3.30. The molecular formula is C16H25N3O. The quantitative estimate of drug-likeness (QED) is 0.579. The second-order valence-corrected chi connectivity index (χ2v) is 6.22. The van der Waals surface area contributed by atoms with Gasteiger partial charge in [-0.3, -0.25) is 0 Å². The number of nitrogens with one attached hydrogen (secondary N) is 1. The lowest BCUT2D eigenvalue weighted by Crippen LogP contribution is -2.23. The number of oxazole rings is 1. The van der Waals surface area contributed by atoms with Gasteiger partial charge in [0.15, 0.2) is 5.58 Å². The number of unbranched alkanes of at least 4 members (excludes halogenated alkanes) is 2.